The van der Waals surface area contributed by atoms with E-state index in [1.165, 1.54) is 13.2 Å². The van der Waals surface area contributed by atoms with Crippen molar-refractivity contribution in [3.8, 4) is 0 Å². The first-order valence-corrected chi connectivity index (χ1v) is 7.14. The smallest absolute Gasteiger partial charge is 0.342 e. The number of methoxy groups -OCH3 is 1. The SMILES string of the molecule is COC(=O)c1c(F)cc(Br)cc1N1CCC(C)CC1. The molecule has 0 saturated carbocycles. The molecule has 1 aromatic carbocycles. The number of nitrogens with zero attached hydrogens (tertiary/aromatic N) is 1. The zero-order valence-electron chi connectivity index (χ0n) is 11.1. The summed E-state index contributed by atoms with van der Waals surface area (Å²) in [6.45, 7) is 3.88. The standard InChI is InChI=1S/C14H17BrFNO2/c1-9-3-5-17(6-4-9)12-8-10(15)7-11(16)13(12)14(18)19-2/h7-9H,3-6H2,1-2H3. The van der Waals surface area contributed by atoms with E-state index < -0.39 is 11.8 Å². The number of carbonyl (C=O) groups excluding carboxylic acids is 1. The number of carbonyl (C=O) groups is 1. The van der Waals surface area contributed by atoms with Crippen molar-refractivity contribution < 1.29 is 13.9 Å². The molecule has 0 radical (unpaired) electrons. The zero-order chi connectivity index (χ0) is 14.0. The zero-order valence-corrected chi connectivity index (χ0v) is 12.7. The van der Waals surface area contributed by atoms with Crippen molar-refractivity contribution in [2.75, 3.05) is 25.1 Å². The van der Waals surface area contributed by atoms with Crippen LogP contribution in [-0.4, -0.2) is 26.2 Å². The average molecular weight is 330 g/mol. The Morgan fingerprint density at radius 3 is 2.63 bits per heavy atom. The van der Waals surface area contributed by atoms with E-state index in [1.54, 1.807) is 6.07 Å². The van der Waals surface area contributed by atoms with E-state index in [0.29, 0.717) is 16.1 Å². The van der Waals surface area contributed by atoms with Gasteiger partial charge in [-0.15, -0.1) is 0 Å². The van der Waals surface area contributed by atoms with Crippen LogP contribution in [-0.2, 0) is 4.74 Å². The summed E-state index contributed by atoms with van der Waals surface area (Å²) in [5.74, 6) is -0.497. The predicted octanol–water partition coefficient (Wildman–Crippen LogP) is 3.61. The van der Waals surface area contributed by atoms with Gasteiger partial charge in [0.25, 0.3) is 0 Å². The van der Waals surface area contributed by atoms with E-state index >= 15 is 0 Å². The highest BCUT2D eigenvalue weighted by atomic mass is 79.9. The summed E-state index contributed by atoms with van der Waals surface area (Å²) < 4.78 is 19.3. The summed E-state index contributed by atoms with van der Waals surface area (Å²) in [4.78, 5) is 13.8. The van der Waals surface area contributed by atoms with Gasteiger partial charge in [0.2, 0.25) is 0 Å². The largest absolute Gasteiger partial charge is 0.465 e. The summed E-state index contributed by atoms with van der Waals surface area (Å²) in [5.41, 5.74) is 0.644. The Kier molecular flexibility index (Phi) is 4.45. The number of halogens is 2. The summed E-state index contributed by atoms with van der Waals surface area (Å²) >= 11 is 3.28. The lowest BCUT2D eigenvalue weighted by molar-refractivity contribution is 0.0596. The molecule has 0 aromatic heterocycles. The molecule has 0 amide bonds. The summed E-state index contributed by atoms with van der Waals surface area (Å²) in [6, 6.07) is 3.08. The molecular formula is C14H17BrFNO2. The van der Waals surface area contributed by atoms with Crippen LogP contribution in [0.1, 0.15) is 30.1 Å². The van der Waals surface area contributed by atoms with Crippen LogP contribution in [0.4, 0.5) is 10.1 Å². The highest BCUT2D eigenvalue weighted by molar-refractivity contribution is 9.10. The van der Waals surface area contributed by atoms with Gasteiger partial charge in [-0.3, -0.25) is 0 Å². The monoisotopic (exact) mass is 329 g/mol. The maximum atomic E-state index is 14.0. The number of hydrogen-bond acceptors (Lipinski definition) is 3. The van der Waals surface area contributed by atoms with Crippen molar-refractivity contribution in [2.45, 2.75) is 19.8 Å². The molecule has 0 spiro atoms. The summed E-state index contributed by atoms with van der Waals surface area (Å²) in [7, 11) is 1.27. The van der Waals surface area contributed by atoms with Gasteiger partial charge in [-0.25, -0.2) is 9.18 Å². The molecule has 1 heterocycles. The lowest BCUT2D eigenvalue weighted by Crippen LogP contribution is -2.34. The highest BCUT2D eigenvalue weighted by Gasteiger charge is 2.25. The molecular weight excluding hydrogens is 313 g/mol. The molecule has 1 aromatic rings. The second kappa shape index (κ2) is 5.90. The average Bonchev–Trinajstić information content (AvgIpc) is 2.38. The Morgan fingerprint density at radius 1 is 1.42 bits per heavy atom. The van der Waals surface area contributed by atoms with Crippen molar-refractivity contribution >= 4 is 27.6 Å². The molecule has 0 atom stereocenters. The Labute approximate surface area is 120 Å². The van der Waals surface area contributed by atoms with Crippen LogP contribution < -0.4 is 4.90 Å². The number of hydrogen-bond donors (Lipinski definition) is 0. The third-order valence-electron chi connectivity index (χ3n) is 3.55. The number of ether oxygens (including phenoxy) is 1. The van der Waals surface area contributed by atoms with Crippen molar-refractivity contribution in [3.63, 3.8) is 0 Å². The Hall–Kier alpha value is -1.10. The Bertz CT molecular complexity index is 485. The van der Waals surface area contributed by atoms with Gasteiger partial charge in [-0.2, -0.15) is 0 Å². The van der Waals surface area contributed by atoms with E-state index in [2.05, 4.69) is 32.5 Å². The summed E-state index contributed by atoms with van der Waals surface area (Å²) in [5, 5.41) is 0. The van der Waals surface area contributed by atoms with Crippen molar-refractivity contribution in [1.82, 2.24) is 0 Å². The first-order valence-electron chi connectivity index (χ1n) is 6.35. The van der Waals surface area contributed by atoms with E-state index in [1.807, 2.05) is 0 Å². The van der Waals surface area contributed by atoms with Gasteiger partial charge in [-0.1, -0.05) is 22.9 Å². The lowest BCUT2D eigenvalue weighted by atomic mass is 9.98. The maximum Gasteiger partial charge on any atom is 0.342 e. The third-order valence-corrected chi connectivity index (χ3v) is 4.01. The molecule has 19 heavy (non-hydrogen) atoms. The molecule has 2 rings (SSSR count). The summed E-state index contributed by atoms with van der Waals surface area (Å²) in [6.07, 6.45) is 2.10. The van der Waals surface area contributed by atoms with Gasteiger partial charge >= 0.3 is 5.97 Å². The fourth-order valence-electron chi connectivity index (χ4n) is 2.36. The van der Waals surface area contributed by atoms with E-state index in [0.717, 1.165) is 25.9 Å². The lowest BCUT2D eigenvalue weighted by Gasteiger charge is -2.33. The van der Waals surface area contributed by atoms with Crippen molar-refractivity contribution in [1.29, 1.82) is 0 Å². The minimum atomic E-state index is -0.626. The van der Waals surface area contributed by atoms with Gasteiger partial charge in [-0.05, 0) is 30.9 Å². The fourth-order valence-corrected chi connectivity index (χ4v) is 2.78. The van der Waals surface area contributed by atoms with Gasteiger partial charge in [0.05, 0.1) is 12.8 Å². The molecule has 0 bridgehead atoms. The Morgan fingerprint density at radius 2 is 2.05 bits per heavy atom. The maximum absolute atomic E-state index is 14.0. The number of anilines is 1. The van der Waals surface area contributed by atoms with Crippen molar-refractivity contribution in [3.05, 3.63) is 28.0 Å². The highest BCUT2D eigenvalue weighted by Crippen LogP contribution is 2.31. The van der Waals surface area contributed by atoms with Gasteiger partial charge in [0.1, 0.15) is 11.4 Å². The number of benzene rings is 1. The van der Waals surface area contributed by atoms with Crippen LogP contribution in [0.3, 0.4) is 0 Å². The molecule has 1 aliphatic heterocycles. The number of piperidine rings is 1. The van der Waals surface area contributed by atoms with Crippen LogP contribution in [0.2, 0.25) is 0 Å². The van der Waals surface area contributed by atoms with E-state index in [9.17, 15) is 9.18 Å². The van der Waals surface area contributed by atoms with E-state index in [4.69, 9.17) is 0 Å². The molecule has 0 N–H and O–H groups in total. The van der Waals surface area contributed by atoms with Gasteiger partial charge in [0, 0.05) is 17.6 Å². The molecule has 0 unspecified atom stereocenters. The second-order valence-corrected chi connectivity index (χ2v) is 5.86. The number of rotatable bonds is 2. The normalized spacial score (nSPS) is 16.5. The first kappa shape index (κ1) is 14.3. The molecule has 0 aliphatic carbocycles. The molecule has 5 heteroatoms. The number of esters is 1. The second-order valence-electron chi connectivity index (χ2n) is 4.94. The van der Waals surface area contributed by atoms with Crippen LogP contribution >= 0.6 is 15.9 Å². The molecule has 1 saturated heterocycles. The molecule has 3 nitrogen and oxygen atoms in total. The molecule has 1 fully saturated rings. The van der Waals surface area contributed by atoms with Gasteiger partial charge < -0.3 is 9.64 Å². The first-order chi connectivity index (χ1) is 9.02. The molecule has 1 aliphatic rings. The minimum absolute atomic E-state index is 0.0280. The predicted molar refractivity (Wildman–Crippen MR) is 76.1 cm³/mol. The third kappa shape index (κ3) is 3.08. The Balaban J connectivity index is 2.40. The molecule has 104 valence electrons. The quantitative estimate of drug-likeness (QED) is 0.776. The van der Waals surface area contributed by atoms with Crippen LogP contribution in [0.5, 0.6) is 0 Å². The fraction of sp³-hybridized carbons (Fsp3) is 0.500. The van der Waals surface area contributed by atoms with Crippen LogP contribution in [0.25, 0.3) is 0 Å². The van der Waals surface area contributed by atoms with Crippen LogP contribution in [0.15, 0.2) is 16.6 Å². The minimum Gasteiger partial charge on any atom is -0.465 e. The van der Waals surface area contributed by atoms with Crippen LogP contribution in [0, 0.1) is 11.7 Å². The van der Waals surface area contributed by atoms with E-state index in [-0.39, 0.29) is 5.56 Å². The van der Waals surface area contributed by atoms with Gasteiger partial charge in [0.15, 0.2) is 0 Å². The topological polar surface area (TPSA) is 29.5 Å². The van der Waals surface area contributed by atoms with Crippen molar-refractivity contribution in [2.24, 2.45) is 5.92 Å².